The molecule has 1 saturated carbocycles. The third-order valence-corrected chi connectivity index (χ3v) is 5.40. The van der Waals surface area contributed by atoms with Crippen LogP contribution >= 0.6 is 0 Å². The monoisotopic (exact) mass is 432 g/mol. The maximum absolute atomic E-state index is 14.1. The second-order valence-corrected chi connectivity index (χ2v) is 7.86. The zero-order chi connectivity index (χ0) is 22.2. The van der Waals surface area contributed by atoms with Crippen LogP contribution in [0.1, 0.15) is 29.6 Å². The van der Waals surface area contributed by atoms with E-state index in [1.54, 1.807) is 24.4 Å². The number of hydrogen-bond acceptors (Lipinski definition) is 5. The highest BCUT2D eigenvalue weighted by Gasteiger charge is 2.24. The minimum absolute atomic E-state index is 0.0881. The van der Waals surface area contributed by atoms with Crippen LogP contribution in [0.15, 0.2) is 48.7 Å². The minimum atomic E-state index is -0.425. The van der Waals surface area contributed by atoms with Crippen LogP contribution in [0.3, 0.4) is 0 Å². The van der Waals surface area contributed by atoms with Gasteiger partial charge in [-0.25, -0.2) is 14.4 Å². The molecule has 32 heavy (non-hydrogen) atoms. The molecule has 2 aromatic heterocycles. The van der Waals surface area contributed by atoms with Gasteiger partial charge in [0.1, 0.15) is 5.82 Å². The van der Waals surface area contributed by atoms with Gasteiger partial charge >= 0.3 is 0 Å². The molecule has 5 rings (SSSR count). The first kappa shape index (κ1) is 19.9. The summed E-state index contributed by atoms with van der Waals surface area (Å²) in [6.07, 6.45) is 3.88. The Balaban J connectivity index is 1.57. The normalized spacial score (nSPS) is 13.4. The Morgan fingerprint density at radius 1 is 1.16 bits per heavy atom. The van der Waals surface area contributed by atoms with Gasteiger partial charge in [0.2, 0.25) is 5.91 Å². The van der Waals surface area contributed by atoms with Gasteiger partial charge in [-0.2, -0.15) is 0 Å². The van der Waals surface area contributed by atoms with Crippen molar-refractivity contribution in [2.75, 3.05) is 11.9 Å². The highest BCUT2D eigenvalue weighted by Crippen LogP contribution is 2.29. The molecule has 0 radical (unpaired) electrons. The number of imidazole rings is 1. The molecule has 0 aliphatic heterocycles. The van der Waals surface area contributed by atoms with Crippen LogP contribution in [0.4, 0.5) is 10.2 Å². The molecule has 9 heteroatoms. The van der Waals surface area contributed by atoms with Crippen molar-refractivity contribution < 1.29 is 14.0 Å². The van der Waals surface area contributed by atoms with Crippen molar-refractivity contribution in [3.05, 3.63) is 60.0 Å². The molecule has 4 aromatic rings. The van der Waals surface area contributed by atoms with E-state index in [2.05, 4.69) is 20.6 Å². The lowest BCUT2D eigenvalue weighted by molar-refractivity contribution is -0.117. The summed E-state index contributed by atoms with van der Waals surface area (Å²) in [6, 6.07) is 11.9. The predicted octanol–water partition coefficient (Wildman–Crippen LogP) is 2.87. The topological polar surface area (TPSA) is 114 Å². The molecule has 0 bridgehead atoms. The number of carbonyl (C=O) groups is 2. The van der Waals surface area contributed by atoms with Crippen molar-refractivity contribution in [2.45, 2.75) is 25.3 Å². The van der Waals surface area contributed by atoms with E-state index in [4.69, 9.17) is 5.73 Å². The van der Waals surface area contributed by atoms with Crippen molar-refractivity contribution in [1.29, 1.82) is 0 Å². The van der Waals surface area contributed by atoms with Gasteiger partial charge in [0, 0.05) is 36.2 Å². The lowest BCUT2D eigenvalue weighted by Crippen LogP contribution is -2.25. The zero-order valence-corrected chi connectivity index (χ0v) is 17.1. The first-order valence-corrected chi connectivity index (χ1v) is 10.4. The lowest BCUT2D eigenvalue weighted by atomic mass is 10.1. The zero-order valence-electron chi connectivity index (χ0n) is 17.1. The third-order valence-electron chi connectivity index (χ3n) is 5.40. The van der Waals surface area contributed by atoms with E-state index < -0.39 is 5.91 Å². The van der Waals surface area contributed by atoms with Crippen LogP contribution in [0.5, 0.6) is 0 Å². The number of primary amides is 1. The number of carbonyl (C=O) groups excluding carboxylic acids is 2. The molecule has 0 unspecified atom stereocenters. The number of anilines is 1. The van der Waals surface area contributed by atoms with Crippen molar-refractivity contribution in [2.24, 2.45) is 5.73 Å². The molecule has 0 atom stereocenters. The Labute approximate surface area is 182 Å². The molecule has 2 amide bonds. The van der Waals surface area contributed by atoms with Gasteiger partial charge < -0.3 is 16.4 Å². The van der Waals surface area contributed by atoms with E-state index in [9.17, 15) is 14.0 Å². The smallest absolute Gasteiger partial charge is 0.251 e. The van der Waals surface area contributed by atoms with Gasteiger partial charge in [-0.1, -0.05) is 12.1 Å². The average Bonchev–Trinajstić information content (AvgIpc) is 3.47. The Morgan fingerprint density at radius 3 is 2.66 bits per heavy atom. The quantitative estimate of drug-likeness (QED) is 0.415. The maximum atomic E-state index is 14.1. The van der Waals surface area contributed by atoms with Gasteiger partial charge in [0.05, 0.1) is 22.9 Å². The van der Waals surface area contributed by atoms with E-state index in [-0.39, 0.29) is 24.2 Å². The number of halogens is 1. The average molecular weight is 432 g/mol. The van der Waals surface area contributed by atoms with E-state index in [0.29, 0.717) is 34.6 Å². The van der Waals surface area contributed by atoms with E-state index >= 15 is 0 Å². The van der Waals surface area contributed by atoms with E-state index in [0.717, 1.165) is 24.1 Å². The summed E-state index contributed by atoms with van der Waals surface area (Å²) in [5, 5.41) is 6.07. The Hall–Kier alpha value is -4.01. The fraction of sp³-hybridized carbons (Fsp3) is 0.217. The van der Waals surface area contributed by atoms with Crippen LogP contribution in [-0.2, 0) is 4.79 Å². The number of hydrogen-bond donors (Lipinski definition) is 3. The fourth-order valence-electron chi connectivity index (χ4n) is 3.62. The van der Waals surface area contributed by atoms with Crippen molar-refractivity contribution in [3.8, 4) is 11.3 Å². The predicted molar refractivity (Wildman–Crippen MR) is 119 cm³/mol. The van der Waals surface area contributed by atoms with Crippen molar-refractivity contribution >= 4 is 34.3 Å². The molecule has 0 spiro atoms. The summed E-state index contributed by atoms with van der Waals surface area (Å²) >= 11 is 0. The van der Waals surface area contributed by atoms with Crippen LogP contribution in [-0.4, -0.2) is 38.8 Å². The molecule has 162 valence electrons. The summed E-state index contributed by atoms with van der Waals surface area (Å²) in [5.74, 6) is -0.431. The first-order chi connectivity index (χ1) is 15.5. The van der Waals surface area contributed by atoms with Gasteiger partial charge in [-0.15, -0.1) is 0 Å². The number of nitrogens with two attached hydrogens (primary N) is 1. The van der Waals surface area contributed by atoms with Gasteiger partial charge in [-0.3, -0.25) is 14.0 Å². The van der Waals surface area contributed by atoms with E-state index in [1.165, 1.54) is 12.1 Å². The van der Waals surface area contributed by atoms with Gasteiger partial charge in [0.25, 0.3) is 5.91 Å². The summed E-state index contributed by atoms with van der Waals surface area (Å²) in [4.78, 5) is 32.4. The highest BCUT2D eigenvalue weighted by atomic mass is 19.1. The second-order valence-electron chi connectivity index (χ2n) is 7.86. The van der Waals surface area contributed by atoms with Gasteiger partial charge in [-0.05, 0) is 37.1 Å². The summed E-state index contributed by atoms with van der Waals surface area (Å²) in [6.45, 7) is 0.303. The molecule has 1 aliphatic rings. The number of fused-ring (bicyclic) bond motifs is 3. The number of nitrogens with one attached hydrogen (secondary N) is 2. The molecular weight excluding hydrogens is 411 g/mol. The molecule has 2 heterocycles. The second kappa shape index (κ2) is 7.92. The summed E-state index contributed by atoms with van der Waals surface area (Å²) < 4.78 is 15.9. The number of benzene rings is 2. The lowest BCUT2D eigenvalue weighted by Gasteiger charge is -2.11. The molecule has 1 aliphatic carbocycles. The number of nitrogens with zero attached hydrogens (tertiary/aromatic N) is 3. The fourth-order valence-corrected chi connectivity index (χ4v) is 3.62. The molecule has 2 aromatic carbocycles. The number of aromatic nitrogens is 3. The molecule has 0 saturated heterocycles. The molecule has 4 N–H and O–H groups in total. The molecule has 8 nitrogen and oxygen atoms in total. The standard InChI is InChI=1S/C23H21FN6O2/c24-15-5-8-17-18(11-15)30-19(12-27-22(30)21(29-17)26-10-9-20(25)31)13-1-3-14(4-2-13)23(32)28-16-6-7-16/h1-5,8,11-12,16H,6-7,9-10H2,(H2,25,31)(H,26,29)(H,28,32). The van der Waals surface area contributed by atoms with Gasteiger partial charge in [0.15, 0.2) is 11.5 Å². The largest absolute Gasteiger partial charge is 0.370 e. The SMILES string of the molecule is NC(=O)CCNc1nc2ccc(F)cc2n2c(-c3ccc(C(=O)NC4CC4)cc3)cnc12. The first-order valence-electron chi connectivity index (χ1n) is 10.4. The minimum Gasteiger partial charge on any atom is -0.370 e. The third kappa shape index (κ3) is 3.84. The summed E-state index contributed by atoms with van der Waals surface area (Å²) in [7, 11) is 0. The van der Waals surface area contributed by atoms with Crippen LogP contribution in [0.2, 0.25) is 0 Å². The maximum Gasteiger partial charge on any atom is 0.251 e. The van der Waals surface area contributed by atoms with Crippen molar-refractivity contribution in [3.63, 3.8) is 0 Å². The number of amides is 2. The molecule has 1 fully saturated rings. The van der Waals surface area contributed by atoms with Crippen molar-refractivity contribution in [1.82, 2.24) is 19.7 Å². The Bertz CT molecular complexity index is 1340. The number of rotatable bonds is 7. The highest BCUT2D eigenvalue weighted by molar-refractivity contribution is 5.95. The molecular formula is C23H21FN6O2. The van der Waals surface area contributed by atoms with Crippen LogP contribution in [0, 0.1) is 5.82 Å². The van der Waals surface area contributed by atoms with Crippen LogP contribution < -0.4 is 16.4 Å². The Kier molecular flexibility index (Phi) is 4.93. The van der Waals surface area contributed by atoms with E-state index in [1.807, 2.05) is 16.5 Å². The Morgan fingerprint density at radius 2 is 1.94 bits per heavy atom. The summed E-state index contributed by atoms with van der Waals surface area (Å²) in [5.41, 5.74) is 8.99. The van der Waals surface area contributed by atoms with Crippen LogP contribution in [0.25, 0.3) is 27.9 Å².